The van der Waals surface area contributed by atoms with Crippen LogP contribution in [0.2, 0.25) is 0 Å². The van der Waals surface area contributed by atoms with Crippen LogP contribution in [0.1, 0.15) is 65.4 Å². The molecule has 0 spiro atoms. The highest BCUT2D eigenvalue weighted by molar-refractivity contribution is 5.86. The number of hydrogen-bond donors (Lipinski definition) is 1. The summed E-state index contributed by atoms with van der Waals surface area (Å²) in [5.41, 5.74) is -2.46. The molecule has 0 aromatic heterocycles. The van der Waals surface area contributed by atoms with E-state index in [1.54, 1.807) is 31.7 Å². The van der Waals surface area contributed by atoms with E-state index < -0.39 is 40.7 Å². The Kier molecular flexibility index (Phi) is 7.37. The lowest BCUT2D eigenvalue weighted by Crippen LogP contribution is -2.57. The minimum Gasteiger partial charge on any atom is -0.444 e. The van der Waals surface area contributed by atoms with E-state index in [1.807, 2.05) is 13.8 Å². The van der Waals surface area contributed by atoms with Gasteiger partial charge in [-0.05, 0) is 63.1 Å². The number of piperazine rings is 1. The van der Waals surface area contributed by atoms with Gasteiger partial charge in [0.15, 0.2) is 0 Å². The van der Waals surface area contributed by atoms with Gasteiger partial charge < -0.3 is 24.4 Å². The molecule has 2 aliphatic rings. The molecule has 1 aliphatic heterocycles. The molecule has 196 valence electrons. The van der Waals surface area contributed by atoms with E-state index in [9.17, 15) is 27.9 Å². The number of hydrogen-bond acceptors (Lipinski definition) is 5. The summed E-state index contributed by atoms with van der Waals surface area (Å²) in [5, 5.41) is 11.8. The van der Waals surface area contributed by atoms with Crippen molar-refractivity contribution in [1.82, 2.24) is 9.80 Å². The summed E-state index contributed by atoms with van der Waals surface area (Å²) >= 11 is 0. The highest BCUT2D eigenvalue weighted by atomic mass is 19.4. The van der Waals surface area contributed by atoms with Crippen LogP contribution in [0.3, 0.4) is 0 Å². The van der Waals surface area contributed by atoms with E-state index >= 15 is 0 Å². The molecule has 35 heavy (non-hydrogen) atoms. The van der Waals surface area contributed by atoms with Crippen LogP contribution < -0.4 is 4.74 Å². The second-order valence-corrected chi connectivity index (χ2v) is 11.0. The Morgan fingerprint density at radius 2 is 1.63 bits per heavy atom. The number of ether oxygens (including phenoxy) is 2. The van der Waals surface area contributed by atoms with Crippen LogP contribution in [0.4, 0.5) is 18.0 Å². The SMILES string of the molecule is CC(C)(C)OC(=O)N1CCN(C(=O)C(c2cccc(OC(F)(F)F)c2)C2(O)CCCC2(C)C)CC1. The van der Waals surface area contributed by atoms with E-state index in [0.717, 1.165) is 0 Å². The number of aliphatic hydroxyl groups is 1. The van der Waals surface area contributed by atoms with Gasteiger partial charge in [0.2, 0.25) is 5.91 Å². The summed E-state index contributed by atoms with van der Waals surface area (Å²) < 4.78 is 48.0. The van der Waals surface area contributed by atoms with Gasteiger partial charge in [0, 0.05) is 26.2 Å². The smallest absolute Gasteiger partial charge is 0.444 e. The summed E-state index contributed by atoms with van der Waals surface area (Å²) in [6.45, 7) is 10.0. The predicted molar refractivity (Wildman–Crippen MR) is 123 cm³/mol. The predicted octanol–water partition coefficient (Wildman–Crippen LogP) is 4.69. The van der Waals surface area contributed by atoms with E-state index in [4.69, 9.17) is 4.74 Å². The van der Waals surface area contributed by atoms with Crippen molar-refractivity contribution in [3.8, 4) is 5.75 Å². The van der Waals surface area contributed by atoms with Crippen LogP contribution in [-0.4, -0.2) is 70.7 Å². The molecule has 3 rings (SSSR count). The largest absolute Gasteiger partial charge is 0.573 e. The number of rotatable bonds is 4. The molecule has 7 nitrogen and oxygen atoms in total. The second-order valence-electron chi connectivity index (χ2n) is 11.0. The van der Waals surface area contributed by atoms with E-state index in [-0.39, 0.29) is 37.6 Å². The van der Waals surface area contributed by atoms with Gasteiger partial charge in [0.05, 0.1) is 11.5 Å². The van der Waals surface area contributed by atoms with Crippen molar-refractivity contribution in [3.05, 3.63) is 29.8 Å². The third-order valence-electron chi connectivity index (χ3n) is 6.92. The number of benzene rings is 1. The van der Waals surface area contributed by atoms with Crippen LogP contribution in [0.5, 0.6) is 5.75 Å². The number of nitrogens with zero attached hydrogens (tertiary/aromatic N) is 2. The van der Waals surface area contributed by atoms with Crippen LogP contribution >= 0.6 is 0 Å². The van der Waals surface area contributed by atoms with Gasteiger partial charge in [-0.3, -0.25) is 4.79 Å². The fourth-order valence-electron chi connectivity index (χ4n) is 5.02. The molecular weight excluding hydrogens is 465 g/mol. The van der Waals surface area contributed by atoms with Crippen LogP contribution in [0, 0.1) is 5.41 Å². The van der Waals surface area contributed by atoms with Gasteiger partial charge in [0.1, 0.15) is 11.4 Å². The zero-order chi connectivity index (χ0) is 26.2. The molecule has 0 bridgehead atoms. The van der Waals surface area contributed by atoms with Crippen molar-refractivity contribution in [2.24, 2.45) is 5.41 Å². The highest BCUT2D eigenvalue weighted by Gasteiger charge is 2.56. The maximum Gasteiger partial charge on any atom is 0.573 e. The molecule has 1 aromatic rings. The minimum atomic E-state index is -4.88. The van der Waals surface area contributed by atoms with Gasteiger partial charge in [-0.15, -0.1) is 13.2 Å². The normalized spacial score (nSPS) is 23.7. The zero-order valence-electron chi connectivity index (χ0n) is 20.9. The van der Waals surface area contributed by atoms with E-state index in [2.05, 4.69) is 4.74 Å². The lowest BCUT2D eigenvalue weighted by Gasteiger charge is -2.45. The molecule has 1 aromatic carbocycles. The summed E-state index contributed by atoms with van der Waals surface area (Å²) in [5.74, 6) is -1.90. The number of amides is 2. The lowest BCUT2D eigenvalue weighted by atomic mass is 9.67. The van der Waals surface area contributed by atoms with Gasteiger partial charge in [0.25, 0.3) is 0 Å². The zero-order valence-corrected chi connectivity index (χ0v) is 20.9. The average molecular weight is 501 g/mol. The summed E-state index contributed by atoms with van der Waals surface area (Å²) in [4.78, 5) is 29.3. The Balaban J connectivity index is 1.87. The molecular formula is C25H35F3N2O5. The van der Waals surface area contributed by atoms with Crippen LogP contribution in [0.15, 0.2) is 24.3 Å². The highest BCUT2D eigenvalue weighted by Crippen LogP contribution is 2.53. The molecule has 2 amide bonds. The molecule has 1 N–H and O–H groups in total. The third-order valence-corrected chi connectivity index (χ3v) is 6.92. The quantitative estimate of drug-likeness (QED) is 0.649. The first-order valence-corrected chi connectivity index (χ1v) is 11.9. The van der Waals surface area contributed by atoms with Gasteiger partial charge in [-0.25, -0.2) is 4.79 Å². The van der Waals surface area contributed by atoms with Gasteiger partial charge >= 0.3 is 12.5 Å². The molecule has 2 atom stereocenters. The molecule has 1 aliphatic carbocycles. The Hall–Kier alpha value is -2.49. The first-order chi connectivity index (χ1) is 16.0. The number of alkyl halides is 3. The van der Waals surface area contributed by atoms with Gasteiger partial charge in [-0.1, -0.05) is 26.0 Å². The van der Waals surface area contributed by atoms with Crippen molar-refractivity contribution in [3.63, 3.8) is 0 Å². The van der Waals surface area contributed by atoms with E-state index in [1.165, 1.54) is 23.1 Å². The molecule has 2 fully saturated rings. The Labute approximate surface area is 204 Å². The maximum absolute atomic E-state index is 13.8. The Bertz CT molecular complexity index is 936. The molecule has 0 radical (unpaired) electrons. The maximum atomic E-state index is 13.8. The van der Waals surface area contributed by atoms with Gasteiger partial charge in [-0.2, -0.15) is 0 Å². The fraction of sp³-hybridized carbons (Fsp3) is 0.680. The van der Waals surface area contributed by atoms with Crippen LogP contribution in [0.25, 0.3) is 0 Å². The van der Waals surface area contributed by atoms with Crippen molar-refractivity contribution < 1.29 is 37.3 Å². The molecule has 1 saturated carbocycles. The standard InChI is InChI=1S/C25H35F3N2O5/c1-22(2,3)35-21(32)30-14-12-29(13-15-30)20(31)19(24(33)11-7-10-23(24,4)5)17-8-6-9-18(16-17)34-25(26,27)28/h6,8-9,16,19,33H,7,10-15H2,1-5H3. The summed E-state index contributed by atoms with van der Waals surface area (Å²) in [6.07, 6.45) is -3.62. The molecule has 1 heterocycles. The monoisotopic (exact) mass is 500 g/mol. The third kappa shape index (κ3) is 6.20. The number of carbonyl (C=O) groups excluding carboxylic acids is 2. The van der Waals surface area contributed by atoms with E-state index in [0.29, 0.717) is 19.3 Å². The first kappa shape index (κ1) is 27.1. The van der Waals surface area contributed by atoms with Crippen molar-refractivity contribution in [2.75, 3.05) is 26.2 Å². The van der Waals surface area contributed by atoms with Crippen molar-refractivity contribution in [2.45, 2.75) is 77.4 Å². The first-order valence-electron chi connectivity index (χ1n) is 11.9. The topological polar surface area (TPSA) is 79.3 Å². The summed E-state index contributed by atoms with van der Waals surface area (Å²) in [6, 6.07) is 5.29. The number of halogens is 3. The summed E-state index contributed by atoms with van der Waals surface area (Å²) in [7, 11) is 0. The molecule has 1 saturated heterocycles. The number of carbonyl (C=O) groups is 2. The van der Waals surface area contributed by atoms with Crippen molar-refractivity contribution in [1.29, 1.82) is 0 Å². The Morgan fingerprint density at radius 3 is 2.14 bits per heavy atom. The lowest BCUT2D eigenvalue weighted by molar-refractivity contribution is -0.274. The average Bonchev–Trinajstić information content (AvgIpc) is 2.98. The Morgan fingerprint density at radius 1 is 1.03 bits per heavy atom. The fourth-order valence-corrected chi connectivity index (χ4v) is 5.02. The van der Waals surface area contributed by atoms with Crippen LogP contribution in [-0.2, 0) is 9.53 Å². The molecule has 2 unspecified atom stereocenters. The minimum absolute atomic E-state index is 0.226. The second kappa shape index (κ2) is 9.52. The molecule has 10 heteroatoms. The van der Waals surface area contributed by atoms with Crippen molar-refractivity contribution >= 4 is 12.0 Å².